The molecule has 0 heterocycles. The Morgan fingerprint density at radius 2 is 1.67 bits per heavy atom. The van der Waals surface area contributed by atoms with Crippen LogP contribution in [0.15, 0.2) is 51.8 Å². The van der Waals surface area contributed by atoms with Gasteiger partial charge in [-0.05, 0) is 55.7 Å². The van der Waals surface area contributed by atoms with Crippen molar-refractivity contribution in [1.82, 2.24) is 0 Å². The van der Waals surface area contributed by atoms with Crippen LogP contribution in [-0.2, 0) is 10.0 Å². The van der Waals surface area contributed by atoms with Crippen molar-refractivity contribution >= 4 is 27.3 Å². The summed E-state index contributed by atoms with van der Waals surface area (Å²) in [5.41, 5.74) is 2.74. The van der Waals surface area contributed by atoms with Crippen LogP contribution in [0.2, 0.25) is 5.02 Å². The second-order valence-electron chi connectivity index (χ2n) is 4.93. The van der Waals surface area contributed by atoms with E-state index in [4.69, 9.17) is 11.6 Å². The molecular formula is C16H16ClNO2S. The number of halogens is 1. The van der Waals surface area contributed by atoms with Gasteiger partial charge in [0.05, 0.1) is 10.6 Å². The summed E-state index contributed by atoms with van der Waals surface area (Å²) in [6.07, 6.45) is 0. The van der Waals surface area contributed by atoms with Crippen LogP contribution in [0.3, 0.4) is 0 Å². The van der Waals surface area contributed by atoms with Crippen molar-refractivity contribution in [2.45, 2.75) is 25.7 Å². The van der Waals surface area contributed by atoms with Gasteiger partial charge in [-0.3, -0.25) is 0 Å². The molecule has 21 heavy (non-hydrogen) atoms. The minimum Gasteiger partial charge on any atom is -0.199 e. The summed E-state index contributed by atoms with van der Waals surface area (Å²) >= 11 is 5.83. The highest BCUT2D eigenvalue weighted by Gasteiger charge is 2.16. The molecule has 2 aromatic carbocycles. The van der Waals surface area contributed by atoms with Gasteiger partial charge in [0.2, 0.25) is 0 Å². The van der Waals surface area contributed by atoms with Crippen LogP contribution in [0, 0.1) is 13.8 Å². The minimum atomic E-state index is -3.72. The van der Waals surface area contributed by atoms with Crippen molar-refractivity contribution in [3.63, 3.8) is 0 Å². The molecule has 0 atom stereocenters. The van der Waals surface area contributed by atoms with E-state index in [0.717, 1.165) is 11.1 Å². The minimum absolute atomic E-state index is 0.246. The predicted molar refractivity (Wildman–Crippen MR) is 86.8 cm³/mol. The molecular weight excluding hydrogens is 306 g/mol. The highest BCUT2D eigenvalue weighted by molar-refractivity contribution is 7.90. The summed E-state index contributed by atoms with van der Waals surface area (Å²) in [6, 6.07) is 12.2. The van der Waals surface area contributed by atoms with Gasteiger partial charge in [-0.15, -0.1) is 0 Å². The van der Waals surface area contributed by atoms with Crippen molar-refractivity contribution < 1.29 is 8.42 Å². The average molecular weight is 322 g/mol. The smallest absolute Gasteiger partial charge is 0.199 e. The summed E-state index contributed by atoms with van der Waals surface area (Å²) in [7, 11) is -3.72. The predicted octanol–water partition coefficient (Wildman–Crippen LogP) is 4.15. The Balaban J connectivity index is 2.47. The van der Waals surface area contributed by atoms with Crippen molar-refractivity contribution in [2.24, 2.45) is 4.40 Å². The standard InChI is InChI=1S/C16H16ClNO2S/c1-11-4-5-12(2)16(10-11)21(19,20)18-13(3)14-6-8-15(17)9-7-14/h4-10H,1-3H3. The van der Waals surface area contributed by atoms with Crippen LogP contribution in [-0.4, -0.2) is 14.1 Å². The van der Waals surface area contributed by atoms with Crippen molar-refractivity contribution in [2.75, 3.05) is 0 Å². The molecule has 0 amide bonds. The quantitative estimate of drug-likeness (QED) is 0.797. The lowest BCUT2D eigenvalue weighted by Crippen LogP contribution is -2.05. The number of benzene rings is 2. The number of hydrogen-bond acceptors (Lipinski definition) is 2. The molecule has 2 aromatic rings. The third-order valence-electron chi connectivity index (χ3n) is 3.14. The fourth-order valence-corrected chi connectivity index (χ4v) is 3.46. The Bertz CT molecular complexity index is 794. The molecule has 0 spiro atoms. The summed E-state index contributed by atoms with van der Waals surface area (Å²) in [5.74, 6) is 0. The maximum absolute atomic E-state index is 12.4. The Morgan fingerprint density at radius 1 is 1.05 bits per heavy atom. The molecule has 0 radical (unpaired) electrons. The summed E-state index contributed by atoms with van der Waals surface area (Å²) < 4.78 is 28.8. The number of hydrogen-bond donors (Lipinski definition) is 0. The van der Waals surface area contributed by atoms with E-state index in [9.17, 15) is 8.42 Å². The van der Waals surface area contributed by atoms with Gasteiger partial charge in [0.15, 0.2) is 0 Å². The molecule has 0 aliphatic heterocycles. The fraction of sp³-hybridized carbons (Fsp3) is 0.188. The molecule has 0 aromatic heterocycles. The first-order chi connectivity index (χ1) is 9.79. The van der Waals surface area contributed by atoms with E-state index < -0.39 is 10.0 Å². The molecule has 0 saturated heterocycles. The van der Waals surface area contributed by atoms with Crippen LogP contribution in [0.25, 0.3) is 0 Å². The first-order valence-corrected chi connectivity index (χ1v) is 8.26. The zero-order chi connectivity index (χ0) is 15.6. The lowest BCUT2D eigenvalue weighted by atomic mass is 10.1. The largest absolute Gasteiger partial charge is 0.282 e. The van der Waals surface area contributed by atoms with E-state index in [2.05, 4.69) is 4.40 Å². The zero-order valence-corrected chi connectivity index (χ0v) is 13.7. The highest BCUT2D eigenvalue weighted by Crippen LogP contribution is 2.20. The molecule has 0 fully saturated rings. The second kappa shape index (κ2) is 6.00. The molecule has 0 bridgehead atoms. The topological polar surface area (TPSA) is 46.5 Å². The van der Waals surface area contributed by atoms with Crippen LogP contribution in [0.4, 0.5) is 0 Å². The SMILES string of the molecule is CC(=NS(=O)(=O)c1cc(C)ccc1C)c1ccc(Cl)cc1. The second-order valence-corrected chi connectivity index (χ2v) is 6.94. The Labute approximate surface area is 130 Å². The third kappa shape index (κ3) is 3.71. The molecule has 0 saturated carbocycles. The van der Waals surface area contributed by atoms with E-state index in [0.29, 0.717) is 16.3 Å². The number of sulfonamides is 1. The molecule has 5 heteroatoms. The number of rotatable bonds is 3. The fourth-order valence-electron chi connectivity index (χ4n) is 1.96. The Hall–Kier alpha value is -1.65. The average Bonchev–Trinajstić information content (AvgIpc) is 2.41. The van der Waals surface area contributed by atoms with E-state index >= 15 is 0 Å². The van der Waals surface area contributed by atoms with Crippen LogP contribution in [0.5, 0.6) is 0 Å². The van der Waals surface area contributed by atoms with Gasteiger partial charge in [-0.2, -0.15) is 12.8 Å². The normalized spacial score (nSPS) is 12.5. The van der Waals surface area contributed by atoms with Crippen LogP contribution >= 0.6 is 11.6 Å². The molecule has 3 nitrogen and oxygen atoms in total. The number of aryl methyl sites for hydroxylation is 2. The van der Waals surface area contributed by atoms with Gasteiger partial charge in [0.1, 0.15) is 0 Å². The van der Waals surface area contributed by atoms with Crippen molar-refractivity contribution in [1.29, 1.82) is 0 Å². The Kier molecular flexibility index (Phi) is 4.49. The number of nitrogens with zero attached hydrogens (tertiary/aromatic N) is 1. The lowest BCUT2D eigenvalue weighted by Gasteiger charge is -2.06. The van der Waals surface area contributed by atoms with E-state index in [1.807, 2.05) is 13.0 Å². The molecule has 2 rings (SSSR count). The maximum atomic E-state index is 12.4. The van der Waals surface area contributed by atoms with Gasteiger partial charge in [0.25, 0.3) is 10.0 Å². The van der Waals surface area contributed by atoms with Gasteiger partial charge in [0, 0.05) is 5.02 Å². The van der Waals surface area contributed by atoms with Gasteiger partial charge in [-0.1, -0.05) is 35.9 Å². The first kappa shape index (κ1) is 15.7. The monoisotopic (exact) mass is 321 g/mol. The van der Waals surface area contributed by atoms with Crippen LogP contribution < -0.4 is 0 Å². The van der Waals surface area contributed by atoms with E-state index in [1.165, 1.54) is 0 Å². The molecule has 0 aliphatic rings. The molecule has 0 N–H and O–H groups in total. The van der Waals surface area contributed by atoms with Crippen LogP contribution in [0.1, 0.15) is 23.6 Å². The summed E-state index contributed by atoms with van der Waals surface area (Å²) in [6.45, 7) is 5.29. The van der Waals surface area contributed by atoms with E-state index in [1.54, 1.807) is 50.2 Å². The van der Waals surface area contributed by atoms with Gasteiger partial charge in [-0.25, -0.2) is 0 Å². The third-order valence-corrected chi connectivity index (χ3v) is 4.90. The first-order valence-electron chi connectivity index (χ1n) is 6.44. The molecule has 0 unspecified atom stereocenters. The highest BCUT2D eigenvalue weighted by atomic mass is 35.5. The maximum Gasteiger partial charge on any atom is 0.282 e. The molecule has 0 aliphatic carbocycles. The lowest BCUT2D eigenvalue weighted by molar-refractivity contribution is 0.597. The Morgan fingerprint density at radius 3 is 2.29 bits per heavy atom. The summed E-state index contributed by atoms with van der Waals surface area (Å²) in [5, 5.41) is 0.601. The van der Waals surface area contributed by atoms with Gasteiger partial charge < -0.3 is 0 Å². The van der Waals surface area contributed by atoms with Crippen molar-refractivity contribution in [3.05, 3.63) is 64.2 Å². The van der Waals surface area contributed by atoms with E-state index in [-0.39, 0.29) is 4.90 Å². The van der Waals surface area contributed by atoms with Crippen molar-refractivity contribution in [3.8, 4) is 0 Å². The summed E-state index contributed by atoms with van der Waals surface area (Å²) in [4.78, 5) is 0.246. The molecule has 110 valence electrons. The zero-order valence-electron chi connectivity index (χ0n) is 12.1. The van der Waals surface area contributed by atoms with Gasteiger partial charge >= 0.3 is 0 Å².